The molecule has 0 aliphatic carbocycles. The summed E-state index contributed by atoms with van der Waals surface area (Å²) in [6.07, 6.45) is 0. The van der Waals surface area contributed by atoms with Gasteiger partial charge in [-0.3, -0.25) is 14.9 Å². The highest BCUT2D eigenvalue weighted by atomic mass is 32.2. The number of rotatable bonds is 5. The fourth-order valence-corrected chi connectivity index (χ4v) is 4.74. The summed E-state index contributed by atoms with van der Waals surface area (Å²) in [5, 5.41) is 10.9. The van der Waals surface area contributed by atoms with Crippen LogP contribution in [-0.4, -0.2) is 54.6 Å². The van der Waals surface area contributed by atoms with Crippen molar-refractivity contribution in [2.24, 2.45) is 0 Å². The van der Waals surface area contributed by atoms with Gasteiger partial charge in [0.1, 0.15) is 0 Å². The van der Waals surface area contributed by atoms with Crippen LogP contribution in [0.1, 0.15) is 21.5 Å². The van der Waals surface area contributed by atoms with Crippen LogP contribution in [0, 0.1) is 17.0 Å². The number of nitro groups is 1. The number of aryl methyl sites for hydroxylation is 1. The zero-order valence-corrected chi connectivity index (χ0v) is 16.3. The summed E-state index contributed by atoms with van der Waals surface area (Å²) < 4.78 is 26.6. The number of amides is 1. The Bertz CT molecular complexity index is 984. The lowest BCUT2D eigenvalue weighted by atomic mass is 10.1. The summed E-state index contributed by atoms with van der Waals surface area (Å²) in [6.45, 7) is 2.61. The number of hydrogen-bond acceptors (Lipinski definition) is 5. The molecule has 28 heavy (non-hydrogen) atoms. The number of nitro benzene ring substituents is 1. The molecule has 9 heteroatoms. The van der Waals surface area contributed by atoms with Gasteiger partial charge in [-0.05, 0) is 24.6 Å². The molecule has 2 aromatic rings. The Morgan fingerprint density at radius 2 is 1.71 bits per heavy atom. The van der Waals surface area contributed by atoms with Crippen molar-refractivity contribution in [1.82, 2.24) is 9.21 Å². The number of carbonyl (C=O) groups is 1. The highest BCUT2D eigenvalue weighted by molar-refractivity contribution is 7.88. The first-order valence-corrected chi connectivity index (χ1v) is 10.4. The Balaban J connectivity index is 1.64. The molecule has 0 radical (unpaired) electrons. The Morgan fingerprint density at radius 3 is 2.29 bits per heavy atom. The van der Waals surface area contributed by atoms with Crippen LogP contribution in [0.15, 0.2) is 48.5 Å². The van der Waals surface area contributed by atoms with E-state index in [0.29, 0.717) is 11.1 Å². The molecular weight excluding hydrogens is 382 g/mol. The van der Waals surface area contributed by atoms with Crippen molar-refractivity contribution in [3.63, 3.8) is 0 Å². The molecule has 1 aliphatic heterocycles. The molecule has 0 bridgehead atoms. The summed E-state index contributed by atoms with van der Waals surface area (Å²) in [7, 11) is -3.45. The number of carbonyl (C=O) groups excluding carboxylic acids is 1. The quantitative estimate of drug-likeness (QED) is 0.563. The van der Waals surface area contributed by atoms with E-state index in [2.05, 4.69) is 0 Å². The fourth-order valence-electron chi connectivity index (χ4n) is 3.22. The van der Waals surface area contributed by atoms with E-state index in [0.717, 1.165) is 5.56 Å². The third-order valence-corrected chi connectivity index (χ3v) is 6.60. The van der Waals surface area contributed by atoms with Crippen LogP contribution in [0.3, 0.4) is 0 Å². The molecule has 0 unspecified atom stereocenters. The van der Waals surface area contributed by atoms with Gasteiger partial charge in [0.2, 0.25) is 10.0 Å². The molecule has 0 N–H and O–H groups in total. The zero-order valence-electron chi connectivity index (χ0n) is 15.4. The summed E-state index contributed by atoms with van der Waals surface area (Å²) in [5.41, 5.74) is 1.47. The van der Waals surface area contributed by atoms with Crippen LogP contribution in [0.5, 0.6) is 0 Å². The second-order valence-corrected chi connectivity index (χ2v) is 8.66. The predicted molar refractivity (Wildman–Crippen MR) is 104 cm³/mol. The van der Waals surface area contributed by atoms with Gasteiger partial charge in [0.15, 0.2) is 0 Å². The van der Waals surface area contributed by atoms with Gasteiger partial charge in [-0.25, -0.2) is 8.42 Å². The van der Waals surface area contributed by atoms with E-state index in [-0.39, 0.29) is 43.5 Å². The van der Waals surface area contributed by atoms with Gasteiger partial charge in [0, 0.05) is 43.4 Å². The minimum absolute atomic E-state index is 0.0339. The fraction of sp³-hybridized carbons (Fsp3) is 0.316. The molecular formula is C19H21N3O5S. The number of nitrogens with zero attached hydrogens (tertiary/aromatic N) is 3. The van der Waals surface area contributed by atoms with Crippen LogP contribution >= 0.6 is 0 Å². The smallest absolute Gasteiger partial charge is 0.272 e. The SMILES string of the molecule is Cc1cc(C(=O)N2CCN(S(=O)(=O)Cc3ccccc3)CC2)ccc1[N+](=O)[O-]. The van der Waals surface area contributed by atoms with Crippen molar-refractivity contribution < 1.29 is 18.1 Å². The third kappa shape index (κ3) is 4.37. The maximum absolute atomic E-state index is 12.7. The van der Waals surface area contributed by atoms with Crippen molar-refractivity contribution in [3.8, 4) is 0 Å². The molecule has 3 rings (SSSR count). The van der Waals surface area contributed by atoms with Gasteiger partial charge in [-0.2, -0.15) is 4.31 Å². The third-order valence-electron chi connectivity index (χ3n) is 4.75. The molecule has 1 fully saturated rings. The maximum Gasteiger partial charge on any atom is 0.272 e. The van der Waals surface area contributed by atoms with Crippen molar-refractivity contribution in [3.05, 3.63) is 75.3 Å². The first-order valence-electron chi connectivity index (χ1n) is 8.84. The van der Waals surface area contributed by atoms with E-state index >= 15 is 0 Å². The minimum Gasteiger partial charge on any atom is -0.336 e. The second kappa shape index (κ2) is 8.07. The molecule has 1 saturated heterocycles. The van der Waals surface area contributed by atoms with E-state index in [1.807, 2.05) is 6.07 Å². The van der Waals surface area contributed by atoms with Crippen LogP contribution in [-0.2, 0) is 15.8 Å². The van der Waals surface area contributed by atoms with Crippen molar-refractivity contribution in [2.45, 2.75) is 12.7 Å². The second-order valence-electron chi connectivity index (χ2n) is 6.69. The van der Waals surface area contributed by atoms with Gasteiger partial charge in [0.25, 0.3) is 11.6 Å². The summed E-state index contributed by atoms with van der Waals surface area (Å²) in [6, 6.07) is 13.2. The van der Waals surface area contributed by atoms with Crippen LogP contribution < -0.4 is 0 Å². The van der Waals surface area contributed by atoms with E-state index < -0.39 is 14.9 Å². The minimum atomic E-state index is -3.45. The number of sulfonamides is 1. The Kier molecular flexibility index (Phi) is 5.76. The molecule has 8 nitrogen and oxygen atoms in total. The van der Waals surface area contributed by atoms with Gasteiger partial charge in [-0.15, -0.1) is 0 Å². The predicted octanol–water partition coefficient (Wildman–Crippen LogP) is 2.19. The normalized spacial score (nSPS) is 15.4. The van der Waals surface area contributed by atoms with Gasteiger partial charge < -0.3 is 4.90 Å². The topological polar surface area (TPSA) is 101 Å². The molecule has 1 amide bonds. The standard InChI is InChI=1S/C19H21N3O5S/c1-15-13-17(7-8-18(15)22(24)25)19(23)20-9-11-21(12-10-20)28(26,27)14-16-5-3-2-4-6-16/h2-8,13H,9-12,14H2,1H3. The molecule has 0 spiro atoms. The average molecular weight is 403 g/mol. The van der Waals surface area contributed by atoms with Crippen LogP contribution in [0.25, 0.3) is 0 Å². The van der Waals surface area contributed by atoms with Crippen molar-refractivity contribution in [1.29, 1.82) is 0 Å². The van der Waals surface area contributed by atoms with Gasteiger partial charge in [-0.1, -0.05) is 30.3 Å². The first kappa shape index (κ1) is 20.0. The first-order chi connectivity index (χ1) is 13.3. The van der Waals surface area contributed by atoms with Crippen molar-refractivity contribution in [2.75, 3.05) is 26.2 Å². The average Bonchev–Trinajstić information content (AvgIpc) is 2.67. The molecule has 0 atom stereocenters. The lowest BCUT2D eigenvalue weighted by molar-refractivity contribution is -0.385. The van der Waals surface area contributed by atoms with Gasteiger partial charge >= 0.3 is 0 Å². The van der Waals surface area contributed by atoms with Crippen LogP contribution in [0.2, 0.25) is 0 Å². The Labute approximate surface area is 163 Å². The van der Waals surface area contributed by atoms with Crippen molar-refractivity contribution >= 4 is 21.6 Å². The molecule has 1 aliphatic rings. The largest absolute Gasteiger partial charge is 0.336 e. The lowest BCUT2D eigenvalue weighted by Crippen LogP contribution is -2.50. The highest BCUT2D eigenvalue weighted by Crippen LogP contribution is 2.21. The van der Waals surface area contributed by atoms with E-state index in [9.17, 15) is 23.3 Å². The summed E-state index contributed by atoms with van der Waals surface area (Å²) in [4.78, 5) is 24.7. The Hall–Kier alpha value is -2.78. The molecule has 0 aromatic heterocycles. The zero-order chi connectivity index (χ0) is 20.3. The summed E-state index contributed by atoms with van der Waals surface area (Å²) >= 11 is 0. The Morgan fingerprint density at radius 1 is 1.07 bits per heavy atom. The highest BCUT2D eigenvalue weighted by Gasteiger charge is 2.29. The molecule has 148 valence electrons. The molecule has 2 aromatic carbocycles. The monoisotopic (exact) mass is 403 g/mol. The van der Waals surface area contributed by atoms with E-state index in [1.54, 1.807) is 36.1 Å². The molecule has 1 heterocycles. The number of benzene rings is 2. The van der Waals surface area contributed by atoms with E-state index in [4.69, 9.17) is 0 Å². The van der Waals surface area contributed by atoms with Gasteiger partial charge in [0.05, 0.1) is 10.7 Å². The van der Waals surface area contributed by atoms with Crippen LogP contribution in [0.4, 0.5) is 5.69 Å². The lowest BCUT2D eigenvalue weighted by Gasteiger charge is -2.34. The number of hydrogen-bond donors (Lipinski definition) is 0. The summed E-state index contributed by atoms with van der Waals surface area (Å²) in [5.74, 6) is -0.318. The van der Waals surface area contributed by atoms with E-state index in [1.165, 1.54) is 22.5 Å². The maximum atomic E-state index is 12.7. The number of piperazine rings is 1. The molecule has 0 saturated carbocycles.